The number of morpholine rings is 1. The zero-order valence-electron chi connectivity index (χ0n) is 12.3. The standard InChI is InChI=1S/C17H24FNO/c1-3-9-17(4-2,19-10-12-20-13-11-19)14-15-5-7-16(18)8-6-15/h3,5-8H,1,4,9-14H2,2H3. The van der Waals surface area contributed by atoms with Crippen molar-refractivity contribution in [3.63, 3.8) is 0 Å². The van der Waals surface area contributed by atoms with E-state index in [0.717, 1.165) is 45.6 Å². The zero-order valence-corrected chi connectivity index (χ0v) is 12.3. The maximum Gasteiger partial charge on any atom is 0.123 e. The summed E-state index contributed by atoms with van der Waals surface area (Å²) in [6, 6.07) is 6.87. The van der Waals surface area contributed by atoms with Gasteiger partial charge in [-0.05, 0) is 37.0 Å². The van der Waals surface area contributed by atoms with Crippen molar-refractivity contribution in [2.45, 2.75) is 31.7 Å². The highest BCUT2D eigenvalue weighted by atomic mass is 19.1. The number of rotatable bonds is 6. The predicted molar refractivity (Wildman–Crippen MR) is 80.3 cm³/mol. The Kier molecular flexibility index (Phi) is 5.32. The van der Waals surface area contributed by atoms with Crippen molar-refractivity contribution < 1.29 is 9.13 Å². The van der Waals surface area contributed by atoms with Crippen LogP contribution in [0.2, 0.25) is 0 Å². The molecule has 3 heteroatoms. The van der Waals surface area contributed by atoms with Gasteiger partial charge in [-0.25, -0.2) is 4.39 Å². The van der Waals surface area contributed by atoms with E-state index in [2.05, 4.69) is 18.4 Å². The molecule has 0 aliphatic carbocycles. The van der Waals surface area contributed by atoms with Gasteiger partial charge in [0.2, 0.25) is 0 Å². The molecule has 2 rings (SSSR count). The summed E-state index contributed by atoms with van der Waals surface area (Å²) in [4.78, 5) is 2.52. The lowest BCUT2D eigenvalue weighted by molar-refractivity contribution is -0.0238. The summed E-state index contributed by atoms with van der Waals surface area (Å²) in [5.41, 5.74) is 1.25. The minimum absolute atomic E-state index is 0.0728. The first-order chi connectivity index (χ1) is 9.70. The Bertz CT molecular complexity index is 425. The van der Waals surface area contributed by atoms with Crippen LogP contribution in [0.25, 0.3) is 0 Å². The Balaban J connectivity index is 2.20. The second kappa shape index (κ2) is 7.00. The van der Waals surface area contributed by atoms with Crippen LogP contribution < -0.4 is 0 Å². The van der Waals surface area contributed by atoms with Crippen LogP contribution in [-0.2, 0) is 11.2 Å². The molecule has 0 radical (unpaired) electrons. The summed E-state index contributed by atoms with van der Waals surface area (Å²) < 4.78 is 18.5. The molecule has 0 saturated carbocycles. The topological polar surface area (TPSA) is 12.5 Å². The van der Waals surface area contributed by atoms with Gasteiger partial charge in [-0.2, -0.15) is 0 Å². The van der Waals surface area contributed by atoms with Crippen LogP contribution in [0, 0.1) is 5.82 Å². The Labute approximate surface area is 121 Å². The highest BCUT2D eigenvalue weighted by Gasteiger charge is 2.34. The molecular formula is C17H24FNO. The van der Waals surface area contributed by atoms with E-state index >= 15 is 0 Å². The zero-order chi connectivity index (χ0) is 14.4. The quantitative estimate of drug-likeness (QED) is 0.739. The van der Waals surface area contributed by atoms with E-state index in [1.165, 1.54) is 5.56 Å². The van der Waals surface area contributed by atoms with Gasteiger partial charge in [0.1, 0.15) is 5.82 Å². The number of hydrogen-bond donors (Lipinski definition) is 0. The van der Waals surface area contributed by atoms with Crippen LogP contribution in [0.4, 0.5) is 4.39 Å². The van der Waals surface area contributed by atoms with Crippen molar-refractivity contribution in [3.8, 4) is 0 Å². The van der Waals surface area contributed by atoms with Crippen LogP contribution in [0.5, 0.6) is 0 Å². The summed E-state index contributed by atoms with van der Waals surface area (Å²) in [5.74, 6) is -0.175. The average molecular weight is 277 g/mol. The second-order valence-electron chi connectivity index (χ2n) is 5.47. The predicted octanol–water partition coefficient (Wildman–Crippen LogP) is 3.43. The molecule has 1 aromatic carbocycles. The van der Waals surface area contributed by atoms with E-state index in [9.17, 15) is 4.39 Å². The lowest BCUT2D eigenvalue weighted by atomic mass is 9.83. The van der Waals surface area contributed by atoms with Gasteiger partial charge in [0.05, 0.1) is 13.2 Å². The summed E-state index contributed by atoms with van der Waals surface area (Å²) in [7, 11) is 0. The first-order valence-corrected chi connectivity index (χ1v) is 7.38. The van der Waals surface area contributed by atoms with Crippen molar-refractivity contribution in [2.24, 2.45) is 0 Å². The van der Waals surface area contributed by atoms with Crippen molar-refractivity contribution in [3.05, 3.63) is 48.3 Å². The van der Waals surface area contributed by atoms with Crippen LogP contribution in [-0.4, -0.2) is 36.7 Å². The summed E-state index contributed by atoms with van der Waals surface area (Å²) in [5, 5.41) is 0. The van der Waals surface area contributed by atoms with Crippen LogP contribution >= 0.6 is 0 Å². The number of halogens is 1. The molecule has 20 heavy (non-hydrogen) atoms. The second-order valence-corrected chi connectivity index (χ2v) is 5.47. The van der Waals surface area contributed by atoms with E-state index in [4.69, 9.17) is 4.74 Å². The first-order valence-electron chi connectivity index (χ1n) is 7.38. The lowest BCUT2D eigenvalue weighted by Crippen LogP contribution is -2.54. The van der Waals surface area contributed by atoms with Gasteiger partial charge in [-0.1, -0.05) is 25.1 Å². The van der Waals surface area contributed by atoms with Crippen molar-refractivity contribution in [1.82, 2.24) is 4.90 Å². The first kappa shape index (κ1) is 15.2. The molecule has 1 heterocycles. The molecule has 1 fully saturated rings. The van der Waals surface area contributed by atoms with E-state index in [1.807, 2.05) is 18.2 Å². The Morgan fingerprint density at radius 3 is 2.50 bits per heavy atom. The van der Waals surface area contributed by atoms with Crippen molar-refractivity contribution in [2.75, 3.05) is 26.3 Å². The van der Waals surface area contributed by atoms with E-state index in [1.54, 1.807) is 12.1 Å². The summed E-state index contributed by atoms with van der Waals surface area (Å²) >= 11 is 0. The number of ether oxygens (including phenoxy) is 1. The van der Waals surface area contributed by atoms with Crippen molar-refractivity contribution >= 4 is 0 Å². The minimum atomic E-state index is -0.175. The van der Waals surface area contributed by atoms with E-state index in [0.29, 0.717) is 0 Å². The Morgan fingerprint density at radius 2 is 1.95 bits per heavy atom. The number of hydrogen-bond acceptors (Lipinski definition) is 2. The van der Waals surface area contributed by atoms with Gasteiger partial charge in [-0.15, -0.1) is 6.58 Å². The molecule has 0 amide bonds. The fourth-order valence-corrected chi connectivity index (χ4v) is 3.09. The fourth-order valence-electron chi connectivity index (χ4n) is 3.09. The number of benzene rings is 1. The molecular weight excluding hydrogens is 253 g/mol. The molecule has 0 N–H and O–H groups in total. The SMILES string of the molecule is C=CCC(CC)(Cc1ccc(F)cc1)N1CCOCC1. The third-order valence-corrected chi connectivity index (χ3v) is 4.31. The maximum atomic E-state index is 13.1. The van der Waals surface area contributed by atoms with Crippen LogP contribution in [0.3, 0.4) is 0 Å². The summed E-state index contributed by atoms with van der Waals surface area (Å²) in [6.07, 6.45) is 4.93. The van der Waals surface area contributed by atoms with Gasteiger partial charge in [0, 0.05) is 18.6 Å². The molecule has 1 atom stereocenters. The molecule has 0 aromatic heterocycles. The van der Waals surface area contributed by atoms with Gasteiger partial charge < -0.3 is 4.74 Å². The van der Waals surface area contributed by atoms with E-state index < -0.39 is 0 Å². The highest BCUT2D eigenvalue weighted by molar-refractivity contribution is 5.20. The molecule has 0 spiro atoms. The Hall–Kier alpha value is -1.19. The van der Waals surface area contributed by atoms with Crippen LogP contribution in [0.1, 0.15) is 25.3 Å². The van der Waals surface area contributed by atoms with Gasteiger partial charge in [-0.3, -0.25) is 4.90 Å². The largest absolute Gasteiger partial charge is 0.379 e. The average Bonchev–Trinajstić information content (AvgIpc) is 2.50. The highest BCUT2D eigenvalue weighted by Crippen LogP contribution is 2.30. The maximum absolute atomic E-state index is 13.1. The third-order valence-electron chi connectivity index (χ3n) is 4.31. The van der Waals surface area contributed by atoms with Gasteiger partial charge in [0.25, 0.3) is 0 Å². The van der Waals surface area contributed by atoms with Gasteiger partial charge >= 0.3 is 0 Å². The smallest absolute Gasteiger partial charge is 0.123 e. The Morgan fingerprint density at radius 1 is 1.30 bits per heavy atom. The monoisotopic (exact) mass is 277 g/mol. The minimum Gasteiger partial charge on any atom is -0.379 e. The molecule has 0 bridgehead atoms. The molecule has 1 aliphatic rings. The molecule has 1 unspecified atom stereocenters. The van der Waals surface area contributed by atoms with Gasteiger partial charge in [0.15, 0.2) is 0 Å². The molecule has 1 aromatic rings. The molecule has 2 nitrogen and oxygen atoms in total. The van der Waals surface area contributed by atoms with E-state index in [-0.39, 0.29) is 11.4 Å². The number of nitrogens with zero attached hydrogens (tertiary/aromatic N) is 1. The fraction of sp³-hybridized carbons (Fsp3) is 0.529. The normalized spacial score (nSPS) is 19.5. The van der Waals surface area contributed by atoms with Crippen molar-refractivity contribution in [1.29, 1.82) is 0 Å². The molecule has 1 saturated heterocycles. The summed E-state index contributed by atoms with van der Waals surface area (Å²) in [6.45, 7) is 9.66. The third kappa shape index (κ3) is 3.47. The molecule has 110 valence electrons. The molecule has 1 aliphatic heterocycles. The van der Waals surface area contributed by atoms with Crippen LogP contribution in [0.15, 0.2) is 36.9 Å². The lowest BCUT2D eigenvalue weighted by Gasteiger charge is -2.45.